The van der Waals surface area contributed by atoms with E-state index >= 15 is 0 Å². The molecule has 0 saturated carbocycles. The second kappa shape index (κ2) is 4.77. The predicted molar refractivity (Wildman–Crippen MR) is 67.6 cm³/mol. The van der Waals surface area contributed by atoms with E-state index in [1.54, 1.807) is 0 Å². The van der Waals surface area contributed by atoms with E-state index in [0.29, 0.717) is 18.1 Å². The Bertz CT molecular complexity index is 354. The van der Waals surface area contributed by atoms with Crippen LogP contribution in [0.5, 0.6) is 0 Å². The first-order chi connectivity index (χ1) is 8.33. The van der Waals surface area contributed by atoms with Crippen molar-refractivity contribution >= 4 is 0 Å². The maximum atomic E-state index is 6.10. The summed E-state index contributed by atoms with van der Waals surface area (Å²) in [5, 5.41) is 0. The summed E-state index contributed by atoms with van der Waals surface area (Å²) in [4.78, 5) is 2.59. The number of nitrogens with zero attached hydrogens (tertiary/aromatic N) is 1. The van der Waals surface area contributed by atoms with E-state index < -0.39 is 0 Å². The molecule has 0 amide bonds. The molecule has 3 atom stereocenters. The maximum Gasteiger partial charge on any atom is 0.0623 e. The molecule has 0 spiro atoms. The lowest BCUT2D eigenvalue weighted by molar-refractivity contribution is -0.0819. The van der Waals surface area contributed by atoms with Gasteiger partial charge in [-0.2, -0.15) is 0 Å². The molecule has 3 heteroatoms. The highest BCUT2D eigenvalue weighted by Crippen LogP contribution is 2.28. The predicted octanol–water partition coefficient (Wildman–Crippen LogP) is 1.38. The first kappa shape index (κ1) is 11.2. The molecule has 1 aromatic rings. The van der Waals surface area contributed by atoms with Gasteiger partial charge in [-0.25, -0.2) is 0 Å². The van der Waals surface area contributed by atoms with Crippen LogP contribution in [0.4, 0.5) is 0 Å². The molecule has 1 aromatic carbocycles. The normalized spacial score (nSPS) is 33.6. The van der Waals surface area contributed by atoms with Crippen LogP contribution in [0.3, 0.4) is 0 Å². The minimum absolute atomic E-state index is 0.362. The monoisotopic (exact) mass is 232 g/mol. The third-order valence-electron chi connectivity index (χ3n) is 3.92. The fraction of sp³-hybridized carbons (Fsp3) is 0.571. The molecule has 0 aromatic heterocycles. The number of rotatable bonds is 2. The molecule has 2 aliphatic rings. The molecule has 0 aliphatic carbocycles. The zero-order chi connectivity index (χ0) is 11.7. The Morgan fingerprint density at radius 2 is 1.76 bits per heavy atom. The first-order valence-corrected chi connectivity index (χ1v) is 6.46. The Balaban J connectivity index is 1.74. The number of piperidine rings is 1. The number of ether oxygens (including phenoxy) is 1. The van der Waals surface area contributed by atoms with Crippen molar-refractivity contribution in [1.82, 2.24) is 4.90 Å². The number of fused-ring (bicyclic) bond motifs is 2. The van der Waals surface area contributed by atoms with E-state index in [1.807, 2.05) is 0 Å². The van der Waals surface area contributed by atoms with Crippen molar-refractivity contribution in [3.63, 3.8) is 0 Å². The first-order valence-electron chi connectivity index (χ1n) is 6.46. The zero-order valence-corrected chi connectivity index (χ0v) is 10.1. The Hall–Kier alpha value is -0.900. The van der Waals surface area contributed by atoms with Gasteiger partial charge in [0.25, 0.3) is 0 Å². The van der Waals surface area contributed by atoms with Crippen molar-refractivity contribution in [2.45, 2.75) is 37.5 Å². The van der Waals surface area contributed by atoms with Gasteiger partial charge < -0.3 is 10.5 Å². The van der Waals surface area contributed by atoms with Crippen molar-refractivity contribution in [3.05, 3.63) is 35.9 Å². The van der Waals surface area contributed by atoms with Crippen LogP contribution < -0.4 is 5.73 Å². The SMILES string of the molecule is NC1C[C@H]2COC[C@@H](C1)N2Cc1ccccc1. The highest BCUT2D eigenvalue weighted by Gasteiger charge is 2.37. The molecular formula is C14H20N2O. The minimum Gasteiger partial charge on any atom is -0.378 e. The lowest BCUT2D eigenvalue weighted by Gasteiger charge is -2.47. The average molecular weight is 232 g/mol. The molecule has 2 bridgehead atoms. The van der Waals surface area contributed by atoms with Gasteiger partial charge in [0, 0.05) is 24.7 Å². The number of benzene rings is 1. The summed E-state index contributed by atoms with van der Waals surface area (Å²) < 4.78 is 5.66. The standard InChI is InChI=1S/C14H20N2O/c15-12-6-13-9-17-10-14(7-12)16(13)8-11-4-2-1-3-5-11/h1-5,12-14H,6-10,15H2/t12?,13-,14+. The average Bonchev–Trinajstić information content (AvgIpc) is 2.32. The van der Waals surface area contributed by atoms with Crippen LogP contribution in [0.25, 0.3) is 0 Å². The van der Waals surface area contributed by atoms with Crippen LogP contribution in [-0.2, 0) is 11.3 Å². The molecule has 0 radical (unpaired) electrons. The molecule has 2 aliphatic heterocycles. The van der Waals surface area contributed by atoms with Gasteiger partial charge in [0.05, 0.1) is 13.2 Å². The Morgan fingerprint density at radius 1 is 1.12 bits per heavy atom. The lowest BCUT2D eigenvalue weighted by Crippen LogP contribution is -2.58. The topological polar surface area (TPSA) is 38.5 Å². The molecule has 92 valence electrons. The Morgan fingerprint density at radius 3 is 2.41 bits per heavy atom. The summed E-state index contributed by atoms with van der Waals surface area (Å²) in [6, 6.07) is 12.1. The third kappa shape index (κ3) is 2.37. The van der Waals surface area contributed by atoms with Gasteiger partial charge in [0.2, 0.25) is 0 Å². The summed E-state index contributed by atoms with van der Waals surface area (Å²) in [7, 11) is 0. The van der Waals surface area contributed by atoms with Crippen molar-refractivity contribution in [2.75, 3.05) is 13.2 Å². The van der Waals surface area contributed by atoms with Crippen molar-refractivity contribution < 1.29 is 4.74 Å². The van der Waals surface area contributed by atoms with E-state index in [-0.39, 0.29) is 0 Å². The second-order valence-electron chi connectivity index (χ2n) is 5.23. The van der Waals surface area contributed by atoms with E-state index in [0.717, 1.165) is 32.6 Å². The van der Waals surface area contributed by atoms with Crippen LogP contribution in [-0.4, -0.2) is 36.2 Å². The maximum absolute atomic E-state index is 6.10. The van der Waals surface area contributed by atoms with E-state index in [4.69, 9.17) is 10.5 Å². The number of hydrogen-bond donors (Lipinski definition) is 1. The molecular weight excluding hydrogens is 212 g/mol. The van der Waals surface area contributed by atoms with Crippen LogP contribution in [0, 0.1) is 0 Å². The summed E-state index contributed by atoms with van der Waals surface area (Å²) in [5.74, 6) is 0. The van der Waals surface area contributed by atoms with Crippen LogP contribution in [0.15, 0.2) is 30.3 Å². The van der Waals surface area contributed by atoms with E-state index in [1.165, 1.54) is 5.56 Å². The molecule has 17 heavy (non-hydrogen) atoms. The minimum atomic E-state index is 0.362. The Labute approximate surface area is 103 Å². The largest absolute Gasteiger partial charge is 0.378 e. The summed E-state index contributed by atoms with van der Waals surface area (Å²) in [6.07, 6.45) is 2.15. The molecule has 3 rings (SSSR count). The van der Waals surface area contributed by atoms with Crippen molar-refractivity contribution in [3.8, 4) is 0 Å². The lowest BCUT2D eigenvalue weighted by atomic mass is 9.90. The number of nitrogens with two attached hydrogens (primary N) is 1. The summed E-state index contributed by atoms with van der Waals surface area (Å²) >= 11 is 0. The summed E-state index contributed by atoms with van der Waals surface area (Å²) in [6.45, 7) is 2.72. The van der Waals surface area contributed by atoms with Crippen molar-refractivity contribution in [1.29, 1.82) is 0 Å². The summed E-state index contributed by atoms with van der Waals surface area (Å²) in [5.41, 5.74) is 7.49. The van der Waals surface area contributed by atoms with Crippen molar-refractivity contribution in [2.24, 2.45) is 5.73 Å². The van der Waals surface area contributed by atoms with Crippen LogP contribution >= 0.6 is 0 Å². The molecule has 2 saturated heterocycles. The highest BCUT2D eigenvalue weighted by atomic mass is 16.5. The van der Waals surface area contributed by atoms with Gasteiger partial charge in [-0.15, -0.1) is 0 Å². The van der Waals surface area contributed by atoms with E-state index in [2.05, 4.69) is 35.2 Å². The van der Waals surface area contributed by atoms with Gasteiger partial charge >= 0.3 is 0 Å². The quantitative estimate of drug-likeness (QED) is 0.837. The van der Waals surface area contributed by atoms with Crippen LogP contribution in [0.1, 0.15) is 18.4 Å². The highest BCUT2D eigenvalue weighted by molar-refractivity contribution is 5.15. The smallest absolute Gasteiger partial charge is 0.0623 e. The van der Waals surface area contributed by atoms with Gasteiger partial charge in [0.1, 0.15) is 0 Å². The molecule has 2 heterocycles. The van der Waals surface area contributed by atoms with Gasteiger partial charge in [-0.1, -0.05) is 30.3 Å². The zero-order valence-electron chi connectivity index (χ0n) is 10.1. The van der Waals surface area contributed by atoms with E-state index in [9.17, 15) is 0 Å². The van der Waals surface area contributed by atoms with Gasteiger partial charge in [-0.05, 0) is 18.4 Å². The van der Waals surface area contributed by atoms with Gasteiger partial charge in [0.15, 0.2) is 0 Å². The molecule has 3 nitrogen and oxygen atoms in total. The third-order valence-corrected chi connectivity index (χ3v) is 3.92. The Kier molecular flexibility index (Phi) is 3.14. The van der Waals surface area contributed by atoms with Crippen LogP contribution in [0.2, 0.25) is 0 Å². The second-order valence-corrected chi connectivity index (χ2v) is 5.23. The molecule has 1 unspecified atom stereocenters. The molecule has 2 fully saturated rings. The fourth-order valence-corrected chi connectivity index (χ4v) is 3.08. The van der Waals surface area contributed by atoms with Gasteiger partial charge in [-0.3, -0.25) is 4.90 Å². The number of morpholine rings is 1. The number of hydrogen-bond acceptors (Lipinski definition) is 3. The molecule has 2 N–H and O–H groups in total. The fourth-order valence-electron chi connectivity index (χ4n) is 3.08.